The molecule has 1 aromatic rings. The van der Waals surface area contributed by atoms with Crippen molar-refractivity contribution in [1.29, 1.82) is 0 Å². The fourth-order valence-electron chi connectivity index (χ4n) is 1.59. The van der Waals surface area contributed by atoms with Crippen LogP contribution in [0.3, 0.4) is 0 Å². The van der Waals surface area contributed by atoms with Crippen molar-refractivity contribution in [3.8, 4) is 0 Å². The molecule has 1 atom stereocenters. The largest absolute Gasteiger partial charge is 0.390 e. The van der Waals surface area contributed by atoms with E-state index >= 15 is 0 Å². The van der Waals surface area contributed by atoms with Crippen molar-refractivity contribution in [1.82, 2.24) is 5.32 Å². The van der Waals surface area contributed by atoms with Gasteiger partial charge in [0, 0.05) is 12.1 Å². The average molecular weight is 231 g/mol. The van der Waals surface area contributed by atoms with E-state index in [1.807, 2.05) is 13.8 Å². The van der Waals surface area contributed by atoms with E-state index in [0.29, 0.717) is 5.56 Å². The molecule has 0 saturated heterocycles. The number of hydrogen-bond acceptors (Lipinski definition) is 1. The summed E-state index contributed by atoms with van der Waals surface area (Å²) >= 11 is 0. The Bertz CT molecular complexity index is 306. The Balaban J connectivity index is 2.80. The molecule has 0 radical (unpaired) electrons. The fourth-order valence-corrected chi connectivity index (χ4v) is 1.59. The molecule has 0 bridgehead atoms. The van der Waals surface area contributed by atoms with Gasteiger partial charge in [-0.2, -0.15) is 13.2 Å². The molecule has 1 unspecified atom stereocenters. The van der Waals surface area contributed by atoms with Gasteiger partial charge in [-0.15, -0.1) is 0 Å². The molecule has 0 saturated carbocycles. The lowest BCUT2D eigenvalue weighted by molar-refractivity contribution is -0.140. The highest BCUT2D eigenvalue weighted by Crippen LogP contribution is 2.29. The van der Waals surface area contributed by atoms with Crippen molar-refractivity contribution >= 4 is 0 Å². The topological polar surface area (TPSA) is 12.0 Å². The first-order valence-electron chi connectivity index (χ1n) is 5.26. The predicted molar refractivity (Wildman–Crippen MR) is 58.1 cm³/mol. The van der Waals surface area contributed by atoms with E-state index in [1.165, 1.54) is 0 Å². The molecule has 0 aliphatic rings. The summed E-state index contributed by atoms with van der Waals surface area (Å²) in [4.78, 5) is 0. The first-order valence-corrected chi connectivity index (χ1v) is 5.26. The molecule has 1 aromatic carbocycles. The monoisotopic (exact) mass is 231 g/mol. The zero-order chi connectivity index (χ0) is 12.2. The molecule has 0 amide bonds. The molecule has 0 spiro atoms. The third kappa shape index (κ3) is 4.66. The maximum atomic E-state index is 12.4. The zero-order valence-electron chi connectivity index (χ0n) is 9.38. The molecule has 16 heavy (non-hydrogen) atoms. The Labute approximate surface area is 93.7 Å². The van der Waals surface area contributed by atoms with Gasteiger partial charge in [-0.1, -0.05) is 44.2 Å². The SMILES string of the molecule is CC(C)NC(CC(F)(F)F)c1ccccc1. The quantitative estimate of drug-likeness (QED) is 0.833. The van der Waals surface area contributed by atoms with Crippen LogP contribution in [-0.2, 0) is 0 Å². The molecule has 90 valence electrons. The lowest BCUT2D eigenvalue weighted by Gasteiger charge is -2.22. The minimum absolute atomic E-state index is 0.0209. The maximum absolute atomic E-state index is 12.4. The molecular weight excluding hydrogens is 215 g/mol. The van der Waals surface area contributed by atoms with Crippen molar-refractivity contribution < 1.29 is 13.2 Å². The first-order chi connectivity index (χ1) is 7.38. The summed E-state index contributed by atoms with van der Waals surface area (Å²) < 4.78 is 37.2. The Morgan fingerprint density at radius 1 is 1.12 bits per heavy atom. The van der Waals surface area contributed by atoms with Gasteiger partial charge in [0.1, 0.15) is 0 Å². The number of benzene rings is 1. The minimum atomic E-state index is -4.15. The van der Waals surface area contributed by atoms with Gasteiger partial charge in [0.2, 0.25) is 0 Å². The fraction of sp³-hybridized carbons (Fsp3) is 0.500. The summed E-state index contributed by atoms with van der Waals surface area (Å²) in [5.41, 5.74) is 0.675. The molecule has 0 heterocycles. The standard InChI is InChI=1S/C12H16F3N/c1-9(2)16-11(8-12(13,14)15)10-6-4-3-5-7-10/h3-7,9,11,16H,8H2,1-2H3. The Hall–Kier alpha value is -1.03. The third-order valence-electron chi connectivity index (χ3n) is 2.17. The van der Waals surface area contributed by atoms with Crippen LogP contribution in [0.4, 0.5) is 13.2 Å². The number of hydrogen-bond donors (Lipinski definition) is 1. The number of rotatable bonds is 4. The van der Waals surface area contributed by atoms with E-state index in [1.54, 1.807) is 30.3 Å². The molecule has 0 fully saturated rings. The number of nitrogens with one attached hydrogen (secondary N) is 1. The van der Waals surface area contributed by atoms with E-state index in [0.717, 1.165) is 0 Å². The van der Waals surface area contributed by atoms with E-state index in [4.69, 9.17) is 0 Å². The summed E-state index contributed by atoms with van der Waals surface area (Å²) in [5, 5.41) is 2.93. The lowest BCUT2D eigenvalue weighted by Crippen LogP contribution is -2.31. The minimum Gasteiger partial charge on any atom is -0.307 e. The van der Waals surface area contributed by atoms with Gasteiger partial charge < -0.3 is 5.32 Å². The molecule has 0 aliphatic carbocycles. The molecular formula is C12H16F3N. The summed E-state index contributed by atoms with van der Waals surface area (Å²) in [7, 11) is 0. The molecule has 1 nitrogen and oxygen atoms in total. The van der Waals surface area contributed by atoms with Gasteiger partial charge in [0.15, 0.2) is 0 Å². The van der Waals surface area contributed by atoms with Crippen LogP contribution in [0.25, 0.3) is 0 Å². The molecule has 4 heteroatoms. The smallest absolute Gasteiger partial charge is 0.307 e. The summed E-state index contributed by atoms with van der Waals surface area (Å²) in [6.07, 6.45) is -4.99. The normalized spacial score (nSPS) is 14.1. The Kier molecular flexibility index (Phi) is 4.35. The van der Waals surface area contributed by atoms with Crippen LogP contribution >= 0.6 is 0 Å². The number of alkyl halides is 3. The lowest BCUT2D eigenvalue weighted by atomic mass is 10.0. The van der Waals surface area contributed by atoms with Crippen LogP contribution in [0.15, 0.2) is 30.3 Å². The van der Waals surface area contributed by atoms with Crippen LogP contribution in [0.5, 0.6) is 0 Å². The highest BCUT2D eigenvalue weighted by Gasteiger charge is 2.32. The highest BCUT2D eigenvalue weighted by atomic mass is 19.4. The predicted octanol–water partition coefficient (Wildman–Crippen LogP) is 3.68. The van der Waals surface area contributed by atoms with Gasteiger partial charge in [-0.25, -0.2) is 0 Å². The van der Waals surface area contributed by atoms with Gasteiger partial charge in [0.25, 0.3) is 0 Å². The van der Waals surface area contributed by atoms with Crippen LogP contribution < -0.4 is 5.32 Å². The second kappa shape index (κ2) is 5.34. The van der Waals surface area contributed by atoms with Crippen molar-refractivity contribution in [2.75, 3.05) is 0 Å². The van der Waals surface area contributed by atoms with E-state index < -0.39 is 18.6 Å². The van der Waals surface area contributed by atoms with Crippen molar-refractivity contribution in [2.24, 2.45) is 0 Å². The molecule has 1 rings (SSSR count). The first kappa shape index (κ1) is 13.0. The van der Waals surface area contributed by atoms with E-state index in [-0.39, 0.29) is 6.04 Å². The van der Waals surface area contributed by atoms with Crippen molar-refractivity contribution in [2.45, 2.75) is 38.5 Å². The van der Waals surface area contributed by atoms with Crippen molar-refractivity contribution in [3.63, 3.8) is 0 Å². The summed E-state index contributed by atoms with van der Waals surface area (Å²) in [5.74, 6) is 0. The van der Waals surface area contributed by atoms with Crippen LogP contribution in [0, 0.1) is 0 Å². The van der Waals surface area contributed by atoms with Gasteiger partial charge in [-0.05, 0) is 5.56 Å². The zero-order valence-corrected chi connectivity index (χ0v) is 9.38. The van der Waals surface area contributed by atoms with Gasteiger partial charge in [0.05, 0.1) is 6.42 Å². The maximum Gasteiger partial charge on any atom is 0.390 e. The highest BCUT2D eigenvalue weighted by molar-refractivity contribution is 5.19. The Morgan fingerprint density at radius 2 is 1.69 bits per heavy atom. The van der Waals surface area contributed by atoms with E-state index in [2.05, 4.69) is 5.32 Å². The van der Waals surface area contributed by atoms with Gasteiger partial charge in [-0.3, -0.25) is 0 Å². The van der Waals surface area contributed by atoms with Gasteiger partial charge >= 0.3 is 6.18 Å². The van der Waals surface area contributed by atoms with Crippen molar-refractivity contribution in [3.05, 3.63) is 35.9 Å². The summed E-state index contributed by atoms with van der Waals surface area (Å²) in [6.45, 7) is 3.68. The second-order valence-corrected chi connectivity index (χ2v) is 4.10. The molecule has 1 N–H and O–H groups in total. The van der Waals surface area contributed by atoms with Crippen LogP contribution in [0.1, 0.15) is 31.9 Å². The summed E-state index contributed by atoms with van der Waals surface area (Å²) in [6, 6.07) is 8.08. The van der Waals surface area contributed by atoms with E-state index in [9.17, 15) is 13.2 Å². The van der Waals surface area contributed by atoms with Crippen LogP contribution in [-0.4, -0.2) is 12.2 Å². The second-order valence-electron chi connectivity index (χ2n) is 4.10. The number of halogens is 3. The molecule has 0 aliphatic heterocycles. The van der Waals surface area contributed by atoms with Crippen LogP contribution in [0.2, 0.25) is 0 Å². The third-order valence-corrected chi connectivity index (χ3v) is 2.17. The average Bonchev–Trinajstić information content (AvgIpc) is 2.15. The molecule has 0 aromatic heterocycles. The Morgan fingerprint density at radius 3 is 2.12 bits per heavy atom.